The third kappa shape index (κ3) is 4.04. The molecule has 1 spiro atoms. The van der Waals surface area contributed by atoms with Gasteiger partial charge in [-0.15, -0.1) is 0 Å². The minimum Gasteiger partial charge on any atom is -0.493 e. The van der Waals surface area contributed by atoms with E-state index in [0.717, 1.165) is 55.0 Å². The van der Waals surface area contributed by atoms with Crippen molar-refractivity contribution in [3.8, 4) is 11.5 Å². The molecule has 7 rings (SSSR count). The molecule has 0 radical (unpaired) electrons. The number of hydrogen-bond acceptors (Lipinski definition) is 6. The van der Waals surface area contributed by atoms with Crippen molar-refractivity contribution in [1.82, 2.24) is 9.62 Å². The third-order valence-corrected chi connectivity index (χ3v) is 11.7. The summed E-state index contributed by atoms with van der Waals surface area (Å²) in [4.78, 5) is 2.53. The molecule has 2 bridgehead atoms. The van der Waals surface area contributed by atoms with Crippen LogP contribution in [0.15, 0.2) is 36.4 Å². The number of aliphatic hydroxyl groups is 1. The highest BCUT2D eigenvalue weighted by Gasteiger charge is 2.73. The van der Waals surface area contributed by atoms with Gasteiger partial charge in [0.25, 0.3) is 0 Å². The molecule has 0 unspecified atom stereocenters. The first kappa shape index (κ1) is 26.7. The molecule has 2 aromatic carbocycles. The van der Waals surface area contributed by atoms with Gasteiger partial charge in [0.2, 0.25) is 10.0 Å². The van der Waals surface area contributed by atoms with Crippen LogP contribution in [0.2, 0.25) is 0 Å². The average molecular weight is 567 g/mol. The molecule has 0 amide bonds. The Balaban J connectivity index is 1.24. The second-order valence-electron chi connectivity index (χ2n) is 13.4. The third-order valence-electron chi connectivity index (χ3n) is 10.4. The van der Waals surface area contributed by atoms with Gasteiger partial charge in [0.05, 0.1) is 29.9 Å². The van der Waals surface area contributed by atoms with Gasteiger partial charge in [-0.3, -0.25) is 4.90 Å². The van der Waals surface area contributed by atoms with Crippen molar-refractivity contribution in [2.75, 3.05) is 20.2 Å². The molecular formula is C32H42N2O5S. The SMILES string of the molecule is COc1ccc2c3c1O[C@H]1[C@@H](NS(=O)(=O)Cc4ccccc4CC(C)C)CC[C@@]4(O)[C@@H](C2)N(CC2CC2)CC[C@]314. The Morgan fingerprint density at radius 1 is 1.12 bits per heavy atom. The Labute approximate surface area is 238 Å². The number of piperidine rings is 1. The highest BCUT2D eigenvalue weighted by Crippen LogP contribution is 2.65. The maximum absolute atomic E-state index is 13.7. The minimum absolute atomic E-state index is 0.0141. The molecule has 5 atom stereocenters. The summed E-state index contributed by atoms with van der Waals surface area (Å²) in [6, 6.07) is 11.5. The van der Waals surface area contributed by atoms with Crippen LogP contribution in [0, 0.1) is 11.8 Å². The first-order valence-corrected chi connectivity index (χ1v) is 16.7. The van der Waals surface area contributed by atoms with Crippen LogP contribution < -0.4 is 14.2 Å². The van der Waals surface area contributed by atoms with Crippen molar-refractivity contribution >= 4 is 10.0 Å². The Kier molecular flexibility index (Phi) is 6.32. The molecule has 216 valence electrons. The summed E-state index contributed by atoms with van der Waals surface area (Å²) in [5.74, 6) is 2.48. The summed E-state index contributed by atoms with van der Waals surface area (Å²) in [5, 5.41) is 12.7. The average Bonchev–Trinajstić information content (AvgIpc) is 3.65. The molecule has 2 heterocycles. The number of nitrogens with one attached hydrogen (secondary N) is 1. The molecule has 40 heavy (non-hydrogen) atoms. The summed E-state index contributed by atoms with van der Waals surface area (Å²) in [5.41, 5.74) is 2.57. The van der Waals surface area contributed by atoms with E-state index < -0.39 is 33.2 Å². The van der Waals surface area contributed by atoms with Crippen LogP contribution in [0.5, 0.6) is 11.5 Å². The van der Waals surface area contributed by atoms with Gasteiger partial charge in [-0.2, -0.15) is 0 Å². The number of rotatable bonds is 9. The van der Waals surface area contributed by atoms with E-state index in [-0.39, 0.29) is 11.8 Å². The Hall–Kier alpha value is -2.13. The van der Waals surface area contributed by atoms with E-state index in [1.54, 1.807) is 7.11 Å². The molecule has 0 aromatic heterocycles. The van der Waals surface area contributed by atoms with E-state index in [0.29, 0.717) is 30.3 Å². The maximum atomic E-state index is 13.7. The highest BCUT2D eigenvalue weighted by molar-refractivity contribution is 7.88. The Morgan fingerprint density at radius 3 is 2.62 bits per heavy atom. The van der Waals surface area contributed by atoms with Crippen LogP contribution in [-0.4, -0.2) is 62.4 Å². The summed E-state index contributed by atoms with van der Waals surface area (Å²) in [7, 11) is -2.02. The van der Waals surface area contributed by atoms with Crippen molar-refractivity contribution in [3.05, 3.63) is 58.7 Å². The number of hydrogen-bond donors (Lipinski definition) is 2. The van der Waals surface area contributed by atoms with Gasteiger partial charge in [-0.25, -0.2) is 13.1 Å². The van der Waals surface area contributed by atoms with E-state index in [1.807, 2.05) is 30.3 Å². The summed E-state index contributed by atoms with van der Waals surface area (Å²) >= 11 is 0. The number of benzene rings is 2. The molecule has 2 aliphatic heterocycles. The smallest absolute Gasteiger partial charge is 0.216 e. The first-order valence-electron chi connectivity index (χ1n) is 15.1. The zero-order valence-electron chi connectivity index (χ0n) is 23.9. The first-order chi connectivity index (χ1) is 19.1. The molecule has 3 aliphatic carbocycles. The van der Waals surface area contributed by atoms with Gasteiger partial charge in [-0.1, -0.05) is 44.2 Å². The molecule has 1 saturated heterocycles. The molecule has 2 N–H and O–H groups in total. The Morgan fingerprint density at radius 2 is 1.90 bits per heavy atom. The van der Waals surface area contributed by atoms with Gasteiger partial charge in [0, 0.05) is 18.2 Å². The topological polar surface area (TPSA) is 88.1 Å². The maximum Gasteiger partial charge on any atom is 0.216 e. The number of sulfonamides is 1. The molecular weight excluding hydrogens is 524 g/mol. The molecule has 5 aliphatic rings. The summed E-state index contributed by atoms with van der Waals surface area (Å²) in [6.45, 7) is 6.23. The van der Waals surface area contributed by atoms with E-state index in [2.05, 4.69) is 29.5 Å². The normalized spacial score (nSPS) is 32.6. The van der Waals surface area contributed by atoms with Gasteiger partial charge >= 0.3 is 0 Å². The molecule has 7 nitrogen and oxygen atoms in total. The fourth-order valence-electron chi connectivity index (χ4n) is 8.57. The van der Waals surface area contributed by atoms with Crippen molar-refractivity contribution in [3.63, 3.8) is 0 Å². The number of likely N-dealkylation sites (tertiary alicyclic amines) is 1. The molecule has 3 fully saturated rings. The lowest BCUT2D eigenvalue weighted by Gasteiger charge is -2.64. The van der Waals surface area contributed by atoms with E-state index in [9.17, 15) is 13.5 Å². The lowest BCUT2D eigenvalue weighted by molar-refractivity contribution is -0.190. The van der Waals surface area contributed by atoms with Gasteiger partial charge < -0.3 is 14.6 Å². The van der Waals surface area contributed by atoms with Crippen molar-refractivity contribution in [2.24, 2.45) is 11.8 Å². The van der Waals surface area contributed by atoms with E-state index in [1.165, 1.54) is 18.4 Å². The second-order valence-corrected chi connectivity index (χ2v) is 15.1. The van der Waals surface area contributed by atoms with Gasteiger partial charge in [0.1, 0.15) is 6.10 Å². The van der Waals surface area contributed by atoms with Gasteiger partial charge in [0.15, 0.2) is 11.5 Å². The van der Waals surface area contributed by atoms with Crippen LogP contribution in [0.1, 0.15) is 68.2 Å². The summed E-state index contributed by atoms with van der Waals surface area (Å²) < 4.78 is 43.0. The lowest BCUT2D eigenvalue weighted by Crippen LogP contribution is -2.78. The molecule has 8 heteroatoms. The number of ether oxygens (including phenoxy) is 2. The lowest BCUT2D eigenvalue weighted by atomic mass is 9.48. The van der Waals surface area contributed by atoms with E-state index >= 15 is 0 Å². The van der Waals surface area contributed by atoms with Crippen molar-refractivity contribution in [1.29, 1.82) is 0 Å². The predicted molar refractivity (Wildman–Crippen MR) is 154 cm³/mol. The van der Waals surface area contributed by atoms with Crippen molar-refractivity contribution in [2.45, 2.75) is 93.7 Å². The predicted octanol–water partition coefficient (Wildman–Crippen LogP) is 3.95. The zero-order valence-corrected chi connectivity index (χ0v) is 24.7. The van der Waals surface area contributed by atoms with Crippen LogP contribution in [0.3, 0.4) is 0 Å². The summed E-state index contributed by atoms with van der Waals surface area (Å²) in [6.07, 6.45) is 5.54. The number of methoxy groups -OCH3 is 1. The fraction of sp³-hybridized carbons (Fsp3) is 0.625. The molecule has 2 aromatic rings. The van der Waals surface area contributed by atoms with E-state index in [4.69, 9.17) is 9.47 Å². The quantitative estimate of drug-likeness (QED) is 0.478. The van der Waals surface area contributed by atoms with Gasteiger partial charge in [-0.05, 0) is 86.1 Å². The zero-order chi connectivity index (χ0) is 27.9. The molecule has 2 saturated carbocycles. The van der Waals surface area contributed by atoms with Crippen LogP contribution in [-0.2, 0) is 34.0 Å². The van der Waals surface area contributed by atoms with Crippen molar-refractivity contribution < 1.29 is 23.0 Å². The standard InChI is InChI=1S/C32H42N2O5S/c1-20(2)16-22-6-4-5-7-24(22)19-40(36,37)33-25-12-13-32(35)27-17-23-10-11-26(38-3)29-28(23)31(32,30(25)39-29)14-15-34(27)18-21-8-9-21/h4-7,10-11,20-21,25,27,30,33,35H,8-9,12-19H2,1-3H3/t25-,27+,30-,31-,32+/m0/s1. The fourth-order valence-corrected chi connectivity index (χ4v) is 10.0. The van der Waals surface area contributed by atoms with Crippen LogP contribution >= 0.6 is 0 Å². The Bertz CT molecular complexity index is 1420. The minimum atomic E-state index is -3.67. The largest absolute Gasteiger partial charge is 0.493 e. The second kappa shape index (κ2) is 9.45. The number of nitrogens with zero attached hydrogens (tertiary/aromatic N) is 1. The monoisotopic (exact) mass is 566 g/mol. The van der Waals surface area contributed by atoms with Crippen LogP contribution in [0.4, 0.5) is 0 Å². The highest BCUT2D eigenvalue weighted by atomic mass is 32.2. The van der Waals surface area contributed by atoms with Crippen LogP contribution in [0.25, 0.3) is 0 Å².